The summed E-state index contributed by atoms with van der Waals surface area (Å²) in [5.41, 5.74) is 1.25. The van der Waals surface area contributed by atoms with Gasteiger partial charge in [-0.05, 0) is 43.4 Å². The summed E-state index contributed by atoms with van der Waals surface area (Å²) in [7, 11) is 3.18. The van der Waals surface area contributed by atoms with Gasteiger partial charge >= 0.3 is 0 Å². The molecule has 172 valence electrons. The first kappa shape index (κ1) is 23.1. The Morgan fingerprint density at radius 2 is 2.00 bits per heavy atom. The van der Waals surface area contributed by atoms with E-state index in [1.165, 1.54) is 18.2 Å². The highest BCUT2D eigenvalue weighted by Crippen LogP contribution is 2.34. The zero-order valence-corrected chi connectivity index (χ0v) is 20.1. The van der Waals surface area contributed by atoms with E-state index in [9.17, 15) is 10.1 Å². The molecule has 2 saturated heterocycles. The number of oxazole rings is 1. The number of anilines is 1. The smallest absolute Gasteiger partial charge is 0.266 e. The lowest BCUT2D eigenvalue weighted by Crippen LogP contribution is -2.30. The van der Waals surface area contributed by atoms with E-state index in [1.807, 2.05) is 23.1 Å². The number of benzene rings is 1. The molecule has 2 fully saturated rings. The highest BCUT2D eigenvalue weighted by molar-refractivity contribution is 8.26. The summed E-state index contributed by atoms with van der Waals surface area (Å²) in [6.45, 7) is 2.11. The molecule has 33 heavy (non-hydrogen) atoms. The summed E-state index contributed by atoms with van der Waals surface area (Å²) in [6.07, 6.45) is 5.46. The Hall–Kier alpha value is -3.03. The van der Waals surface area contributed by atoms with Crippen molar-refractivity contribution in [2.24, 2.45) is 0 Å². The van der Waals surface area contributed by atoms with Crippen LogP contribution in [0.4, 0.5) is 5.88 Å². The van der Waals surface area contributed by atoms with Gasteiger partial charge in [0.25, 0.3) is 5.91 Å². The quantitative estimate of drug-likeness (QED) is 0.427. The Morgan fingerprint density at radius 1 is 1.24 bits per heavy atom. The largest absolute Gasteiger partial charge is 0.493 e. The van der Waals surface area contributed by atoms with Crippen molar-refractivity contribution in [1.29, 1.82) is 5.26 Å². The van der Waals surface area contributed by atoms with Gasteiger partial charge in [0.2, 0.25) is 17.5 Å². The number of nitriles is 1. The van der Waals surface area contributed by atoms with Gasteiger partial charge in [0, 0.05) is 25.7 Å². The van der Waals surface area contributed by atoms with Gasteiger partial charge in [-0.25, -0.2) is 0 Å². The highest BCUT2D eigenvalue weighted by atomic mass is 32.2. The molecular formula is C23H24N4O4S2. The van der Waals surface area contributed by atoms with Crippen molar-refractivity contribution in [1.82, 2.24) is 9.88 Å². The van der Waals surface area contributed by atoms with Crippen LogP contribution in [0, 0.1) is 11.3 Å². The number of hydrogen-bond acceptors (Lipinski definition) is 9. The molecule has 0 N–H and O–H groups in total. The molecule has 1 aromatic carbocycles. The van der Waals surface area contributed by atoms with Crippen LogP contribution in [0.25, 0.3) is 6.08 Å². The van der Waals surface area contributed by atoms with Crippen molar-refractivity contribution in [2.75, 3.05) is 38.8 Å². The number of piperidine rings is 1. The van der Waals surface area contributed by atoms with Crippen molar-refractivity contribution >= 4 is 46.2 Å². The van der Waals surface area contributed by atoms with Crippen LogP contribution in [0.2, 0.25) is 0 Å². The summed E-state index contributed by atoms with van der Waals surface area (Å²) in [5, 5.41) is 9.47. The first-order valence-corrected chi connectivity index (χ1v) is 11.9. The molecular weight excluding hydrogens is 460 g/mol. The molecule has 10 heteroatoms. The molecule has 0 bridgehead atoms. The number of carbonyl (C=O) groups is 1. The van der Waals surface area contributed by atoms with Crippen LogP contribution >= 0.6 is 24.0 Å². The number of thiocarbonyl (C=S) groups is 1. The Bertz CT molecular complexity index is 1130. The average Bonchev–Trinajstić information content (AvgIpc) is 3.38. The number of rotatable bonds is 7. The normalized spacial score (nSPS) is 17.5. The predicted octanol–water partition coefficient (Wildman–Crippen LogP) is 4.00. The van der Waals surface area contributed by atoms with Crippen LogP contribution in [0.15, 0.2) is 27.5 Å². The summed E-state index contributed by atoms with van der Waals surface area (Å²) >= 11 is 6.65. The van der Waals surface area contributed by atoms with E-state index in [1.54, 1.807) is 25.2 Å². The molecule has 0 atom stereocenters. The van der Waals surface area contributed by atoms with Gasteiger partial charge in [-0.3, -0.25) is 9.69 Å². The van der Waals surface area contributed by atoms with Crippen LogP contribution in [-0.4, -0.2) is 54.0 Å². The maximum Gasteiger partial charge on any atom is 0.266 e. The third-order valence-corrected chi connectivity index (χ3v) is 6.95. The number of amides is 1. The lowest BCUT2D eigenvalue weighted by Gasteiger charge is -2.25. The molecule has 1 aromatic heterocycles. The molecule has 3 heterocycles. The lowest BCUT2D eigenvalue weighted by molar-refractivity contribution is -0.122. The number of ether oxygens (including phenoxy) is 2. The fourth-order valence-electron chi connectivity index (χ4n) is 3.86. The van der Waals surface area contributed by atoms with Gasteiger partial charge in [-0.2, -0.15) is 10.2 Å². The van der Waals surface area contributed by atoms with E-state index >= 15 is 0 Å². The van der Waals surface area contributed by atoms with Crippen LogP contribution in [0.1, 0.15) is 36.4 Å². The van der Waals surface area contributed by atoms with Crippen molar-refractivity contribution in [3.63, 3.8) is 0 Å². The molecule has 8 nitrogen and oxygen atoms in total. The molecule has 2 aliphatic rings. The van der Waals surface area contributed by atoms with Crippen molar-refractivity contribution < 1.29 is 18.7 Å². The minimum absolute atomic E-state index is 0.193. The van der Waals surface area contributed by atoms with Crippen molar-refractivity contribution in [3.05, 3.63) is 40.3 Å². The second-order valence-electron chi connectivity index (χ2n) is 7.64. The minimum Gasteiger partial charge on any atom is -0.493 e. The number of nitrogens with zero attached hydrogens (tertiary/aromatic N) is 4. The Labute approximate surface area is 202 Å². The molecule has 0 saturated carbocycles. The number of thioether (sulfide) groups is 1. The van der Waals surface area contributed by atoms with E-state index in [4.69, 9.17) is 26.1 Å². The molecule has 1 amide bonds. The molecule has 4 rings (SSSR count). The maximum absolute atomic E-state index is 13.0. The number of carbonyl (C=O) groups excluding carboxylic acids is 1. The summed E-state index contributed by atoms with van der Waals surface area (Å²) in [5.74, 6) is 1.82. The Balaban J connectivity index is 1.47. The average molecular weight is 485 g/mol. The first-order chi connectivity index (χ1) is 16.0. The Morgan fingerprint density at radius 3 is 2.70 bits per heavy atom. The summed E-state index contributed by atoms with van der Waals surface area (Å²) in [6, 6.07) is 7.77. The zero-order chi connectivity index (χ0) is 23.4. The van der Waals surface area contributed by atoms with Gasteiger partial charge < -0.3 is 18.8 Å². The highest BCUT2D eigenvalue weighted by Gasteiger charge is 2.32. The monoisotopic (exact) mass is 484 g/mol. The van der Waals surface area contributed by atoms with E-state index in [0.717, 1.165) is 31.5 Å². The van der Waals surface area contributed by atoms with Crippen LogP contribution in [0.3, 0.4) is 0 Å². The number of aromatic nitrogens is 1. The van der Waals surface area contributed by atoms with Gasteiger partial charge in [-0.15, -0.1) is 0 Å². The van der Waals surface area contributed by atoms with E-state index in [2.05, 4.69) is 11.1 Å². The van der Waals surface area contributed by atoms with Crippen LogP contribution in [0.5, 0.6) is 11.5 Å². The molecule has 0 aliphatic carbocycles. The second kappa shape index (κ2) is 10.3. The molecule has 0 radical (unpaired) electrons. The van der Waals surface area contributed by atoms with Gasteiger partial charge in [-0.1, -0.05) is 30.0 Å². The molecule has 0 unspecified atom stereocenters. The van der Waals surface area contributed by atoms with Crippen molar-refractivity contribution in [3.8, 4) is 17.6 Å². The topological polar surface area (TPSA) is 91.8 Å². The fourth-order valence-corrected chi connectivity index (χ4v) is 5.13. The minimum atomic E-state index is -0.193. The van der Waals surface area contributed by atoms with E-state index in [0.29, 0.717) is 39.6 Å². The SMILES string of the molecule is COc1ccc(CCN2C(=O)/C(=C\c3nc(C#N)c(N4CCCCC4)o3)SC2=S)cc1OC. The lowest BCUT2D eigenvalue weighted by atomic mass is 10.1. The predicted molar refractivity (Wildman–Crippen MR) is 130 cm³/mol. The summed E-state index contributed by atoms with van der Waals surface area (Å²) in [4.78, 5) is 21.3. The maximum atomic E-state index is 13.0. The van der Waals surface area contributed by atoms with E-state index in [-0.39, 0.29) is 17.5 Å². The number of methoxy groups -OCH3 is 2. The molecule has 2 aromatic rings. The third kappa shape index (κ3) is 4.99. The van der Waals surface area contributed by atoms with Gasteiger partial charge in [0.05, 0.1) is 19.1 Å². The van der Waals surface area contributed by atoms with Crippen molar-refractivity contribution in [2.45, 2.75) is 25.7 Å². The van der Waals surface area contributed by atoms with Crippen LogP contribution < -0.4 is 14.4 Å². The molecule has 0 spiro atoms. The Kier molecular flexibility index (Phi) is 7.20. The van der Waals surface area contributed by atoms with Crippen LogP contribution in [-0.2, 0) is 11.2 Å². The van der Waals surface area contributed by atoms with Gasteiger partial charge in [0.15, 0.2) is 11.5 Å². The van der Waals surface area contributed by atoms with Gasteiger partial charge in [0.1, 0.15) is 10.4 Å². The number of hydrogen-bond donors (Lipinski definition) is 0. The zero-order valence-electron chi connectivity index (χ0n) is 18.5. The van der Waals surface area contributed by atoms with E-state index < -0.39 is 0 Å². The molecule has 2 aliphatic heterocycles. The second-order valence-corrected chi connectivity index (χ2v) is 9.31. The summed E-state index contributed by atoms with van der Waals surface area (Å²) < 4.78 is 17.0. The third-order valence-electron chi connectivity index (χ3n) is 5.58. The fraction of sp³-hybridized carbons (Fsp3) is 0.391. The standard InChI is InChI=1S/C23H24N4O4S2/c1-29-17-7-6-15(12-18(17)30-2)8-11-27-21(28)19(33-23(27)32)13-20-25-16(14-24)22(31-20)26-9-4-3-5-10-26/h6-7,12-13H,3-5,8-11H2,1-2H3/b19-13+. The first-order valence-electron chi connectivity index (χ1n) is 10.7.